The van der Waals surface area contributed by atoms with Crippen molar-refractivity contribution in [1.82, 2.24) is 9.78 Å². The van der Waals surface area contributed by atoms with Gasteiger partial charge in [-0.2, -0.15) is 5.10 Å². The monoisotopic (exact) mass is 153 g/mol. The molecule has 3 heteroatoms. The maximum atomic E-state index is 5.61. The molecule has 0 saturated carbocycles. The SMILES string of the molecule is Cn1cc(C(C)(C)CN)cn1. The van der Waals surface area contributed by atoms with Gasteiger partial charge in [0.25, 0.3) is 0 Å². The highest BCUT2D eigenvalue weighted by atomic mass is 15.2. The highest BCUT2D eigenvalue weighted by molar-refractivity contribution is 5.16. The van der Waals surface area contributed by atoms with Crippen molar-refractivity contribution < 1.29 is 0 Å². The van der Waals surface area contributed by atoms with E-state index in [0.29, 0.717) is 6.54 Å². The molecular formula is C8H15N3. The molecule has 0 aromatic carbocycles. The van der Waals surface area contributed by atoms with E-state index in [1.165, 1.54) is 5.56 Å². The highest BCUT2D eigenvalue weighted by Crippen LogP contribution is 2.19. The lowest BCUT2D eigenvalue weighted by Crippen LogP contribution is -2.27. The van der Waals surface area contributed by atoms with Crippen LogP contribution in [0.4, 0.5) is 0 Å². The first-order chi connectivity index (χ1) is 5.06. The molecule has 62 valence electrons. The fourth-order valence-electron chi connectivity index (χ4n) is 0.889. The molecule has 0 amide bonds. The van der Waals surface area contributed by atoms with Gasteiger partial charge in [-0.25, -0.2) is 0 Å². The molecule has 1 aromatic rings. The molecule has 0 unspecified atom stereocenters. The third kappa shape index (κ3) is 1.60. The van der Waals surface area contributed by atoms with Gasteiger partial charge in [0.05, 0.1) is 6.20 Å². The molecule has 0 fully saturated rings. The Kier molecular flexibility index (Phi) is 2.00. The summed E-state index contributed by atoms with van der Waals surface area (Å²) in [6.07, 6.45) is 3.87. The summed E-state index contributed by atoms with van der Waals surface area (Å²) in [5, 5.41) is 4.09. The lowest BCUT2D eigenvalue weighted by molar-refractivity contribution is 0.538. The van der Waals surface area contributed by atoms with Crippen molar-refractivity contribution >= 4 is 0 Å². The van der Waals surface area contributed by atoms with Crippen molar-refractivity contribution in [2.75, 3.05) is 6.54 Å². The molecule has 0 spiro atoms. The minimum atomic E-state index is 0.0499. The third-order valence-corrected chi connectivity index (χ3v) is 2.00. The van der Waals surface area contributed by atoms with Crippen LogP contribution in [0.3, 0.4) is 0 Å². The summed E-state index contributed by atoms with van der Waals surface area (Å²) in [4.78, 5) is 0. The summed E-state index contributed by atoms with van der Waals surface area (Å²) in [6, 6.07) is 0. The van der Waals surface area contributed by atoms with Crippen LogP contribution >= 0.6 is 0 Å². The van der Waals surface area contributed by atoms with E-state index in [9.17, 15) is 0 Å². The molecule has 0 radical (unpaired) electrons. The minimum absolute atomic E-state index is 0.0499. The van der Waals surface area contributed by atoms with Crippen LogP contribution in [0.1, 0.15) is 19.4 Å². The number of rotatable bonds is 2. The van der Waals surface area contributed by atoms with Gasteiger partial charge in [0, 0.05) is 25.2 Å². The van der Waals surface area contributed by atoms with Gasteiger partial charge in [-0.3, -0.25) is 4.68 Å². The Morgan fingerprint density at radius 3 is 2.64 bits per heavy atom. The largest absolute Gasteiger partial charge is 0.330 e. The van der Waals surface area contributed by atoms with Gasteiger partial charge >= 0.3 is 0 Å². The predicted molar refractivity (Wildman–Crippen MR) is 45.3 cm³/mol. The highest BCUT2D eigenvalue weighted by Gasteiger charge is 2.19. The van der Waals surface area contributed by atoms with E-state index >= 15 is 0 Å². The maximum Gasteiger partial charge on any atom is 0.0527 e. The van der Waals surface area contributed by atoms with Crippen molar-refractivity contribution in [2.45, 2.75) is 19.3 Å². The Bertz CT molecular complexity index is 237. The molecule has 0 atom stereocenters. The van der Waals surface area contributed by atoms with E-state index < -0.39 is 0 Å². The van der Waals surface area contributed by atoms with Crippen LogP contribution in [-0.4, -0.2) is 16.3 Å². The van der Waals surface area contributed by atoms with Crippen molar-refractivity contribution in [2.24, 2.45) is 12.8 Å². The van der Waals surface area contributed by atoms with E-state index in [-0.39, 0.29) is 5.41 Å². The lowest BCUT2D eigenvalue weighted by Gasteiger charge is -2.19. The predicted octanol–water partition coefficient (Wildman–Crippen LogP) is 0.656. The van der Waals surface area contributed by atoms with Crippen molar-refractivity contribution in [3.63, 3.8) is 0 Å². The van der Waals surface area contributed by atoms with E-state index in [2.05, 4.69) is 18.9 Å². The van der Waals surface area contributed by atoms with E-state index in [4.69, 9.17) is 5.73 Å². The van der Waals surface area contributed by atoms with Gasteiger partial charge in [0.2, 0.25) is 0 Å². The first-order valence-electron chi connectivity index (χ1n) is 3.75. The molecule has 0 aliphatic rings. The number of aromatic nitrogens is 2. The zero-order valence-electron chi connectivity index (χ0n) is 7.33. The van der Waals surface area contributed by atoms with Crippen LogP contribution in [0, 0.1) is 0 Å². The molecule has 0 saturated heterocycles. The van der Waals surface area contributed by atoms with Gasteiger partial charge in [0.1, 0.15) is 0 Å². The average molecular weight is 153 g/mol. The number of hydrogen-bond acceptors (Lipinski definition) is 2. The Labute approximate surface area is 67.2 Å². The Morgan fingerprint density at radius 1 is 1.64 bits per heavy atom. The molecule has 3 nitrogen and oxygen atoms in total. The lowest BCUT2D eigenvalue weighted by atomic mass is 9.87. The second-order valence-electron chi connectivity index (χ2n) is 3.49. The summed E-state index contributed by atoms with van der Waals surface area (Å²) < 4.78 is 1.80. The van der Waals surface area contributed by atoms with E-state index in [0.717, 1.165) is 0 Å². The smallest absolute Gasteiger partial charge is 0.0527 e. The van der Waals surface area contributed by atoms with Gasteiger partial charge in [0.15, 0.2) is 0 Å². The zero-order valence-corrected chi connectivity index (χ0v) is 7.33. The fourth-order valence-corrected chi connectivity index (χ4v) is 0.889. The van der Waals surface area contributed by atoms with Crippen molar-refractivity contribution in [3.05, 3.63) is 18.0 Å². The van der Waals surface area contributed by atoms with Gasteiger partial charge < -0.3 is 5.73 Å². The Balaban J connectivity index is 2.92. The second kappa shape index (κ2) is 2.66. The van der Waals surface area contributed by atoms with E-state index in [1.807, 2.05) is 19.4 Å². The molecule has 1 heterocycles. The van der Waals surface area contributed by atoms with Crippen LogP contribution in [-0.2, 0) is 12.5 Å². The third-order valence-electron chi connectivity index (χ3n) is 2.00. The quantitative estimate of drug-likeness (QED) is 0.678. The molecule has 0 aliphatic carbocycles. The molecule has 11 heavy (non-hydrogen) atoms. The second-order valence-corrected chi connectivity index (χ2v) is 3.49. The first-order valence-corrected chi connectivity index (χ1v) is 3.75. The number of hydrogen-bond donors (Lipinski definition) is 1. The van der Waals surface area contributed by atoms with Crippen molar-refractivity contribution in [3.8, 4) is 0 Å². The van der Waals surface area contributed by atoms with E-state index in [1.54, 1.807) is 4.68 Å². The molecule has 1 rings (SSSR count). The molecule has 0 bridgehead atoms. The van der Waals surface area contributed by atoms with Gasteiger partial charge in [-0.05, 0) is 5.56 Å². The summed E-state index contributed by atoms with van der Waals surface area (Å²) in [5.74, 6) is 0. The minimum Gasteiger partial charge on any atom is -0.330 e. The molecular weight excluding hydrogens is 138 g/mol. The zero-order chi connectivity index (χ0) is 8.48. The first kappa shape index (κ1) is 8.27. The molecule has 2 N–H and O–H groups in total. The normalized spacial score (nSPS) is 12.0. The summed E-state index contributed by atoms with van der Waals surface area (Å²) in [6.45, 7) is 4.88. The van der Waals surface area contributed by atoms with Crippen LogP contribution in [0.5, 0.6) is 0 Å². The van der Waals surface area contributed by atoms with Crippen LogP contribution < -0.4 is 5.73 Å². The summed E-state index contributed by atoms with van der Waals surface area (Å²) in [7, 11) is 1.91. The maximum absolute atomic E-state index is 5.61. The van der Waals surface area contributed by atoms with Crippen LogP contribution in [0.25, 0.3) is 0 Å². The van der Waals surface area contributed by atoms with Crippen LogP contribution in [0.2, 0.25) is 0 Å². The van der Waals surface area contributed by atoms with Gasteiger partial charge in [-0.1, -0.05) is 13.8 Å². The summed E-state index contributed by atoms with van der Waals surface area (Å²) >= 11 is 0. The number of aryl methyl sites for hydroxylation is 1. The van der Waals surface area contributed by atoms with Crippen molar-refractivity contribution in [1.29, 1.82) is 0 Å². The molecule has 0 aliphatic heterocycles. The van der Waals surface area contributed by atoms with Crippen LogP contribution in [0.15, 0.2) is 12.4 Å². The van der Waals surface area contributed by atoms with Gasteiger partial charge in [-0.15, -0.1) is 0 Å². The Hall–Kier alpha value is -0.830. The number of nitrogens with two attached hydrogens (primary N) is 1. The Morgan fingerprint density at radius 2 is 2.27 bits per heavy atom. The fraction of sp³-hybridized carbons (Fsp3) is 0.625. The average Bonchev–Trinajstić information content (AvgIpc) is 2.36. The molecule has 1 aromatic heterocycles. The summed E-state index contributed by atoms with van der Waals surface area (Å²) in [5.41, 5.74) is 6.86. The standard InChI is InChI=1S/C8H15N3/c1-8(2,6-9)7-4-10-11(3)5-7/h4-5H,6,9H2,1-3H3. The number of nitrogens with zero attached hydrogens (tertiary/aromatic N) is 2. The topological polar surface area (TPSA) is 43.8 Å².